The van der Waals surface area contributed by atoms with Gasteiger partial charge in [0.15, 0.2) is 5.78 Å². The fourth-order valence-electron chi connectivity index (χ4n) is 9.13. The van der Waals surface area contributed by atoms with E-state index in [1.807, 2.05) is 0 Å². The molecule has 1 aromatic heterocycles. The molecule has 6 rings (SSSR count). The number of nitrogens with zero attached hydrogens (tertiary/aromatic N) is 3. The molecule has 0 bridgehead atoms. The van der Waals surface area contributed by atoms with Crippen LogP contribution in [0.5, 0.6) is 0 Å². The van der Waals surface area contributed by atoms with Crippen molar-refractivity contribution < 1.29 is 14.6 Å². The Morgan fingerprint density at radius 2 is 2.06 bits per heavy atom. The van der Waals surface area contributed by atoms with Crippen molar-refractivity contribution >= 4 is 5.78 Å². The van der Waals surface area contributed by atoms with Crippen LogP contribution in [-0.2, 0) is 16.1 Å². The highest BCUT2D eigenvalue weighted by Crippen LogP contribution is 2.71. The van der Waals surface area contributed by atoms with Gasteiger partial charge in [-0.15, -0.1) is 0 Å². The van der Waals surface area contributed by atoms with Gasteiger partial charge in [0.1, 0.15) is 6.07 Å². The lowest BCUT2D eigenvalue weighted by Crippen LogP contribution is -2.49. The molecule has 4 fully saturated rings. The van der Waals surface area contributed by atoms with Crippen LogP contribution in [0.4, 0.5) is 0 Å². The van der Waals surface area contributed by atoms with Crippen LogP contribution in [-0.4, -0.2) is 39.5 Å². The van der Waals surface area contributed by atoms with Crippen molar-refractivity contribution in [3.05, 3.63) is 29.6 Å². The normalized spacial score (nSPS) is 47.4. The number of carbonyl (C=O) groups is 1. The summed E-state index contributed by atoms with van der Waals surface area (Å²) in [4.78, 5) is 13.4. The Kier molecular flexibility index (Phi) is 4.59. The minimum absolute atomic E-state index is 0.00368. The summed E-state index contributed by atoms with van der Waals surface area (Å²) in [5.74, 6) is 2.20. The Hall–Kier alpha value is -1.97. The third-order valence-electron chi connectivity index (χ3n) is 10.8. The SMILES string of the molecule is CO[C@@H]1C2[C@H]3CC[C@@H]4C(=CC[C@]5(C)[C@@H](C(=O)Cn6cc(C#N)cn6)CC[C@@H]45)[C@@]3(C)CC[C@@]21O. The van der Waals surface area contributed by atoms with E-state index in [1.165, 1.54) is 12.6 Å². The van der Waals surface area contributed by atoms with Crippen molar-refractivity contribution in [3.8, 4) is 6.07 Å². The van der Waals surface area contributed by atoms with Crippen molar-refractivity contribution in [2.75, 3.05) is 7.11 Å². The molecule has 0 saturated heterocycles. The lowest BCUT2D eigenvalue weighted by molar-refractivity contribution is -0.127. The molecule has 6 heteroatoms. The minimum atomic E-state index is -0.599. The number of aromatic nitrogens is 2. The van der Waals surface area contributed by atoms with Crippen LogP contribution in [0.3, 0.4) is 0 Å². The lowest BCUT2D eigenvalue weighted by atomic mass is 9.48. The van der Waals surface area contributed by atoms with Gasteiger partial charge < -0.3 is 9.84 Å². The predicted octanol–water partition coefficient (Wildman–Crippen LogP) is 3.89. The van der Waals surface area contributed by atoms with E-state index >= 15 is 0 Å². The molecule has 0 radical (unpaired) electrons. The number of carbonyl (C=O) groups excluding carboxylic acids is 1. The van der Waals surface area contributed by atoms with Gasteiger partial charge in [-0.3, -0.25) is 9.48 Å². The van der Waals surface area contributed by atoms with Gasteiger partial charge in [0, 0.05) is 25.1 Å². The van der Waals surface area contributed by atoms with Crippen molar-refractivity contribution in [1.29, 1.82) is 5.26 Å². The number of rotatable bonds is 4. The number of nitriles is 1. The molecule has 9 atom stereocenters. The van der Waals surface area contributed by atoms with Crippen molar-refractivity contribution in [3.63, 3.8) is 0 Å². The van der Waals surface area contributed by atoms with Gasteiger partial charge in [-0.2, -0.15) is 10.4 Å². The Balaban J connectivity index is 1.25. The Labute approximate surface area is 196 Å². The maximum atomic E-state index is 13.4. The van der Waals surface area contributed by atoms with Crippen LogP contribution in [0.15, 0.2) is 24.0 Å². The van der Waals surface area contributed by atoms with E-state index in [0.29, 0.717) is 23.3 Å². The van der Waals surface area contributed by atoms with Gasteiger partial charge in [-0.25, -0.2) is 0 Å². The molecule has 4 saturated carbocycles. The first kappa shape index (κ1) is 21.6. The number of hydrogen-bond donors (Lipinski definition) is 1. The summed E-state index contributed by atoms with van der Waals surface area (Å²) >= 11 is 0. The number of aliphatic hydroxyl groups is 1. The van der Waals surface area contributed by atoms with Gasteiger partial charge in [0.05, 0.1) is 30.0 Å². The molecule has 0 spiro atoms. The number of methoxy groups -OCH3 is 1. The second-order valence-corrected chi connectivity index (χ2v) is 12.0. The molecule has 0 amide bonds. The summed E-state index contributed by atoms with van der Waals surface area (Å²) in [6.07, 6.45) is 13.0. The smallest absolute Gasteiger partial charge is 0.157 e. The van der Waals surface area contributed by atoms with Gasteiger partial charge in [-0.05, 0) is 73.5 Å². The fourth-order valence-corrected chi connectivity index (χ4v) is 9.13. The van der Waals surface area contributed by atoms with Crippen LogP contribution in [0, 0.1) is 51.8 Å². The number of ether oxygens (including phenoxy) is 1. The Morgan fingerprint density at radius 1 is 1.27 bits per heavy atom. The van der Waals surface area contributed by atoms with Gasteiger partial charge in [0.2, 0.25) is 0 Å². The molecule has 5 aliphatic rings. The van der Waals surface area contributed by atoms with Crippen molar-refractivity contribution in [1.82, 2.24) is 9.78 Å². The van der Waals surface area contributed by atoms with Crippen LogP contribution in [0.25, 0.3) is 0 Å². The zero-order chi connectivity index (χ0) is 23.2. The molecule has 1 unspecified atom stereocenters. The first-order valence-electron chi connectivity index (χ1n) is 12.7. The molecule has 1 aromatic rings. The molecule has 1 N–H and O–H groups in total. The molecule has 5 aliphatic carbocycles. The number of allylic oxidation sites excluding steroid dienone is 2. The van der Waals surface area contributed by atoms with Crippen LogP contribution >= 0.6 is 0 Å². The average Bonchev–Trinajstić information content (AvgIpc) is 3.07. The van der Waals surface area contributed by atoms with Crippen LogP contribution < -0.4 is 0 Å². The Morgan fingerprint density at radius 3 is 2.79 bits per heavy atom. The van der Waals surface area contributed by atoms with Gasteiger partial charge in [-0.1, -0.05) is 25.5 Å². The molecule has 33 heavy (non-hydrogen) atoms. The quantitative estimate of drug-likeness (QED) is 0.705. The third kappa shape index (κ3) is 2.79. The monoisotopic (exact) mass is 449 g/mol. The highest BCUT2D eigenvalue weighted by Gasteiger charge is 2.74. The summed E-state index contributed by atoms with van der Waals surface area (Å²) in [7, 11) is 1.75. The maximum Gasteiger partial charge on any atom is 0.157 e. The summed E-state index contributed by atoms with van der Waals surface area (Å²) in [6.45, 7) is 5.06. The predicted molar refractivity (Wildman–Crippen MR) is 122 cm³/mol. The van der Waals surface area contributed by atoms with E-state index in [9.17, 15) is 9.90 Å². The molecule has 6 nitrogen and oxygen atoms in total. The number of fused-ring (bicyclic) bond motifs is 7. The highest BCUT2D eigenvalue weighted by atomic mass is 16.5. The molecule has 0 aliphatic heterocycles. The topological polar surface area (TPSA) is 88.1 Å². The Bertz CT molecular complexity index is 1070. The number of Topliss-reactive ketones (excluding diaryl/α,β-unsaturated/α-hetero) is 1. The highest BCUT2D eigenvalue weighted by molar-refractivity contribution is 5.82. The van der Waals surface area contributed by atoms with E-state index in [1.54, 1.807) is 23.6 Å². The largest absolute Gasteiger partial charge is 0.387 e. The van der Waals surface area contributed by atoms with E-state index < -0.39 is 5.60 Å². The first-order chi connectivity index (χ1) is 15.8. The molecule has 176 valence electrons. The van der Waals surface area contributed by atoms with E-state index in [-0.39, 0.29) is 41.1 Å². The summed E-state index contributed by atoms with van der Waals surface area (Å²) in [6, 6.07) is 2.09. The lowest BCUT2D eigenvalue weighted by Gasteiger charge is -2.56. The molecular formula is C27H35N3O3. The zero-order valence-electron chi connectivity index (χ0n) is 20.0. The van der Waals surface area contributed by atoms with E-state index in [0.717, 1.165) is 38.5 Å². The summed E-state index contributed by atoms with van der Waals surface area (Å²) in [5, 5.41) is 24.3. The van der Waals surface area contributed by atoms with Crippen molar-refractivity contribution in [2.45, 2.75) is 77.0 Å². The van der Waals surface area contributed by atoms with E-state index in [4.69, 9.17) is 10.00 Å². The molecule has 0 aromatic carbocycles. The second-order valence-electron chi connectivity index (χ2n) is 12.0. The van der Waals surface area contributed by atoms with Crippen LogP contribution in [0.1, 0.15) is 64.4 Å². The fraction of sp³-hybridized carbons (Fsp3) is 0.741. The summed E-state index contributed by atoms with van der Waals surface area (Å²) < 4.78 is 7.32. The maximum absolute atomic E-state index is 13.4. The second kappa shape index (κ2) is 7.02. The average molecular weight is 450 g/mol. The summed E-state index contributed by atoms with van der Waals surface area (Å²) in [5.41, 5.74) is 1.68. The third-order valence-corrected chi connectivity index (χ3v) is 10.8. The first-order valence-corrected chi connectivity index (χ1v) is 12.7. The number of ketones is 1. The van der Waals surface area contributed by atoms with Crippen LogP contribution in [0.2, 0.25) is 0 Å². The van der Waals surface area contributed by atoms with E-state index in [2.05, 4.69) is 31.1 Å². The van der Waals surface area contributed by atoms with Crippen molar-refractivity contribution in [2.24, 2.45) is 40.4 Å². The molecule has 1 heterocycles. The number of hydrogen-bond acceptors (Lipinski definition) is 5. The minimum Gasteiger partial charge on any atom is -0.387 e. The van der Waals surface area contributed by atoms with Gasteiger partial charge in [0.25, 0.3) is 0 Å². The zero-order valence-corrected chi connectivity index (χ0v) is 20.0. The standard InChI is InChI=1S/C27H35N3O3/c1-25-9-8-19-17(4-5-21-23-24(33-3)27(23,32)11-10-26(19,21)2)18(25)6-7-20(25)22(31)15-30-14-16(12-28)13-29-30/h8,13-14,17-18,20-21,23-24,32H,4-7,9-11,15H2,1-3H3/t17-,18-,20+,21+,23?,24+,25-,26+,27+/m0/s1. The van der Waals surface area contributed by atoms with Gasteiger partial charge >= 0.3 is 0 Å². The molecular weight excluding hydrogens is 414 g/mol.